The van der Waals surface area contributed by atoms with Crippen molar-refractivity contribution >= 4 is 16.9 Å². The summed E-state index contributed by atoms with van der Waals surface area (Å²) in [5.41, 5.74) is 4.68. The van der Waals surface area contributed by atoms with Crippen molar-refractivity contribution in [3.05, 3.63) is 39.7 Å². The zero-order valence-corrected chi connectivity index (χ0v) is 8.48. The van der Waals surface area contributed by atoms with Gasteiger partial charge in [0.1, 0.15) is 22.7 Å². The second-order valence-corrected chi connectivity index (χ2v) is 3.41. The molecule has 0 fully saturated rings. The minimum Gasteiger partial charge on any atom is -0.508 e. The van der Waals surface area contributed by atoms with Crippen LogP contribution in [0.4, 0.5) is 0 Å². The number of hydrogen-bond donors (Lipinski definition) is 2. The molecule has 0 aliphatic rings. The molecule has 3 N–H and O–H groups in total. The third kappa shape index (κ3) is 1.42. The summed E-state index contributed by atoms with van der Waals surface area (Å²) in [6.07, 6.45) is 0. The molecule has 5 nitrogen and oxygen atoms in total. The molecule has 1 heterocycles. The van der Waals surface area contributed by atoms with Crippen molar-refractivity contribution in [2.24, 2.45) is 5.73 Å². The maximum absolute atomic E-state index is 11.9. The van der Waals surface area contributed by atoms with Crippen molar-refractivity contribution in [3.8, 4) is 5.75 Å². The van der Waals surface area contributed by atoms with E-state index in [1.54, 1.807) is 0 Å². The van der Waals surface area contributed by atoms with Crippen molar-refractivity contribution in [2.45, 2.75) is 6.92 Å². The maximum atomic E-state index is 11.9. The number of carbonyl (C=O) groups is 1. The maximum Gasteiger partial charge on any atom is 0.256 e. The van der Waals surface area contributed by atoms with Crippen LogP contribution in [0.3, 0.4) is 0 Å². The second kappa shape index (κ2) is 3.37. The SMILES string of the molecule is Cc1oc2cc(O)ccc2c(=O)c1C(N)=O. The van der Waals surface area contributed by atoms with E-state index < -0.39 is 11.3 Å². The minimum absolute atomic E-state index is 0.0122. The number of phenolic OH excluding ortho intramolecular Hbond substituents is 1. The lowest BCUT2D eigenvalue weighted by molar-refractivity contribution is 0.0996. The van der Waals surface area contributed by atoms with Gasteiger partial charge in [0.2, 0.25) is 5.43 Å². The first-order valence-corrected chi connectivity index (χ1v) is 4.57. The van der Waals surface area contributed by atoms with E-state index in [0.29, 0.717) is 0 Å². The summed E-state index contributed by atoms with van der Waals surface area (Å²) in [5.74, 6) is -0.682. The Kier molecular flexibility index (Phi) is 2.16. The van der Waals surface area contributed by atoms with Crippen LogP contribution >= 0.6 is 0 Å². The van der Waals surface area contributed by atoms with Gasteiger partial charge >= 0.3 is 0 Å². The molecule has 16 heavy (non-hydrogen) atoms. The minimum atomic E-state index is -0.818. The lowest BCUT2D eigenvalue weighted by atomic mass is 10.1. The molecule has 2 aromatic rings. The first-order chi connectivity index (χ1) is 7.50. The molecule has 0 atom stereocenters. The Hall–Kier alpha value is -2.30. The monoisotopic (exact) mass is 219 g/mol. The Labute approximate surface area is 90.1 Å². The van der Waals surface area contributed by atoms with Crippen LogP contribution in [-0.2, 0) is 0 Å². The third-order valence-electron chi connectivity index (χ3n) is 2.30. The van der Waals surface area contributed by atoms with Crippen molar-refractivity contribution < 1.29 is 14.3 Å². The third-order valence-corrected chi connectivity index (χ3v) is 2.30. The molecule has 0 spiro atoms. The van der Waals surface area contributed by atoms with E-state index in [0.717, 1.165) is 0 Å². The molecular weight excluding hydrogens is 210 g/mol. The molecule has 0 unspecified atom stereocenters. The van der Waals surface area contributed by atoms with Crippen LogP contribution in [0.1, 0.15) is 16.1 Å². The number of phenols is 1. The molecule has 1 aromatic carbocycles. The standard InChI is InChI=1S/C11H9NO4/c1-5-9(11(12)15)10(14)7-3-2-6(13)4-8(7)16-5/h2-4,13H,1H3,(H2,12,15). The van der Waals surface area contributed by atoms with Crippen molar-refractivity contribution in [2.75, 3.05) is 0 Å². The average molecular weight is 219 g/mol. The van der Waals surface area contributed by atoms with Crippen LogP contribution in [0.2, 0.25) is 0 Å². The van der Waals surface area contributed by atoms with Gasteiger partial charge in [-0.1, -0.05) is 0 Å². The highest BCUT2D eigenvalue weighted by Gasteiger charge is 2.15. The molecule has 2 rings (SSSR count). The van der Waals surface area contributed by atoms with Crippen molar-refractivity contribution in [1.29, 1.82) is 0 Å². The normalized spacial score (nSPS) is 10.6. The molecule has 0 aliphatic heterocycles. The molecule has 82 valence electrons. The Morgan fingerprint density at radius 2 is 2.12 bits per heavy atom. The van der Waals surface area contributed by atoms with Crippen LogP contribution in [0.15, 0.2) is 27.4 Å². The van der Waals surface area contributed by atoms with Gasteiger partial charge in [-0.2, -0.15) is 0 Å². The summed E-state index contributed by atoms with van der Waals surface area (Å²) in [6.45, 7) is 1.48. The number of hydrogen-bond acceptors (Lipinski definition) is 4. The summed E-state index contributed by atoms with van der Waals surface area (Å²) >= 11 is 0. The predicted octanol–water partition coefficient (Wildman–Crippen LogP) is 0.906. The highest BCUT2D eigenvalue weighted by molar-refractivity contribution is 5.96. The van der Waals surface area contributed by atoms with Gasteiger partial charge in [-0.3, -0.25) is 9.59 Å². The van der Waals surface area contributed by atoms with Gasteiger partial charge < -0.3 is 15.3 Å². The zero-order valence-electron chi connectivity index (χ0n) is 8.48. The van der Waals surface area contributed by atoms with E-state index in [2.05, 4.69) is 0 Å². The van der Waals surface area contributed by atoms with E-state index in [1.165, 1.54) is 25.1 Å². The lowest BCUT2D eigenvalue weighted by Crippen LogP contribution is -2.23. The highest BCUT2D eigenvalue weighted by Crippen LogP contribution is 2.19. The van der Waals surface area contributed by atoms with Gasteiger partial charge in [-0.15, -0.1) is 0 Å². The number of aryl methyl sites for hydroxylation is 1. The summed E-state index contributed by atoms with van der Waals surface area (Å²) in [5, 5.41) is 9.46. The number of primary amides is 1. The van der Waals surface area contributed by atoms with Crippen LogP contribution in [0.25, 0.3) is 11.0 Å². The van der Waals surface area contributed by atoms with E-state index in [-0.39, 0.29) is 28.0 Å². The molecular formula is C11H9NO4. The molecule has 0 saturated carbocycles. The molecule has 0 saturated heterocycles. The van der Waals surface area contributed by atoms with E-state index in [1.807, 2.05) is 0 Å². The summed E-state index contributed by atoms with van der Waals surface area (Å²) in [4.78, 5) is 22.9. The summed E-state index contributed by atoms with van der Waals surface area (Å²) in [7, 11) is 0. The van der Waals surface area contributed by atoms with E-state index in [9.17, 15) is 14.7 Å². The van der Waals surface area contributed by atoms with Crippen molar-refractivity contribution in [3.63, 3.8) is 0 Å². The lowest BCUT2D eigenvalue weighted by Gasteiger charge is -2.03. The number of aromatic hydroxyl groups is 1. The largest absolute Gasteiger partial charge is 0.508 e. The molecule has 5 heteroatoms. The Bertz CT molecular complexity index is 642. The van der Waals surface area contributed by atoms with Gasteiger partial charge in [0, 0.05) is 6.07 Å². The fourth-order valence-corrected chi connectivity index (χ4v) is 1.58. The average Bonchev–Trinajstić information content (AvgIpc) is 2.15. The van der Waals surface area contributed by atoms with Gasteiger partial charge in [-0.25, -0.2) is 0 Å². The van der Waals surface area contributed by atoms with Gasteiger partial charge in [0.15, 0.2) is 0 Å². The quantitative estimate of drug-likeness (QED) is 0.745. The second-order valence-electron chi connectivity index (χ2n) is 3.41. The Morgan fingerprint density at radius 1 is 1.44 bits per heavy atom. The van der Waals surface area contributed by atoms with Gasteiger partial charge in [-0.05, 0) is 19.1 Å². The number of carbonyl (C=O) groups excluding carboxylic acids is 1. The summed E-state index contributed by atoms with van der Waals surface area (Å²) in [6, 6.07) is 4.05. The van der Waals surface area contributed by atoms with Crippen LogP contribution < -0.4 is 11.2 Å². The van der Waals surface area contributed by atoms with Crippen LogP contribution in [0, 0.1) is 6.92 Å². The molecule has 0 bridgehead atoms. The smallest absolute Gasteiger partial charge is 0.256 e. The first-order valence-electron chi connectivity index (χ1n) is 4.57. The van der Waals surface area contributed by atoms with E-state index >= 15 is 0 Å². The number of amides is 1. The first kappa shape index (κ1) is 10.2. The van der Waals surface area contributed by atoms with Gasteiger partial charge in [0.25, 0.3) is 5.91 Å². The Morgan fingerprint density at radius 3 is 2.75 bits per heavy atom. The zero-order chi connectivity index (χ0) is 11.9. The molecule has 1 amide bonds. The molecule has 0 radical (unpaired) electrons. The van der Waals surface area contributed by atoms with Crippen molar-refractivity contribution in [1.82, 2.24) is 0 Å². The number of fused-ring (bicyclic) bond motifs is 1. The highest BCUT2D eigenvalue weighted by atomic mass is 16.3. The topological polar surface area (TPSA) is 93.5 Å². The number of rotatable bonds is 1. The fourth-order valence-electron chi connectivity index (χ4n) is 1.58. The van der Waals surface area contributed by atoms with Crippen LogP contribution in [0.5, 0.6) is 5.75 Å². The van der Waals surface area contributed by atoms with Gasteiger partial charge in [0.05, 0.1) is 5.39 Å². The number of nitrogens with two attached hydrogens (primary N) is 1. The van der Waals surface area contributed by atoms with Crippen LogP contribution in [-0.4, -0.2) is 11.0 Å². The molecule has 0 aliphatic carbocycles. The predicted molar refractivity (Wildman–Crippen MR) is 57.4 cm³/mol. The van der Waals surface area contributed by atoms with E-state index in [4.69, 9.17) is 10.2 Å². The fraction of sp³-hybridized carbons (Fsp3) is 0.0909. The Balaban J connectivity index is 2.95. The molecule has 1 aromatic heterocycles. The number of benzene rings is 1. The summed E-state index contributed by atoms with van der Waals surface area (Å²) < 4.78 is 5.25.